The van der Waals surface area contributed by atoms with Gasteiger partial charge in [0.15, 0.2) is 0 Å². The molecule has 1 aliphatic rings. The minimum Gasteiger partial charge on any atom is -0.343 e. The Balaban J connectivity index is 1.62. The molecule has 4 aromatic heterocycles. The highest BCUT2D eigenvalue weighted by atomic mass is 16.1. The quantitative estimate of drug-likeness (QED) is 0.613. The van der Waals surface area contributed by atoms with E-state index in [9.17, 15) is 4.79 Å². The van der Waals surface area contributed by atoms with Gasteiger partial charge >= 0.3 is 0 Å². The zero-order chi connectivity index (χ0) is 17.8. The van der Waals surface area contributed by atoms with Gasteiger partial charge in [0.2, 0.25) is 5.95 Å². The van der Waals surface area contributed by atoms with Crippen molar-refractivity contribution in [3.63, 3.8) is 0 Å². The molecule has 8 nitrogen and oxygen atoms in total. The Morgan fingerprint density at radius 3 is 2.58 bits per heavy atom. The molecule has 130 valence electrons. The number of fused-ring (bicyclic) bond motifs is 1. The number of aromatic amines is 1. The largest absolute Gasteiger partial charge is 0.343 e. The minimum absolute atomic E-state index is 0.0285. The molecule has 1 fully saturated rings. The number of H-pyrrole nitrogens is 1. The fraction of sp³-hybridized carbons (Fsp3) is 0.278. The van der Waals surface area contributed by atoms with Crippen molar-refractivity contribution >= 4 is 5.65 Å². The number of nitrogens with one attached hydrogen (secondary N) is 1. The van der Waals surface area contributed by atoms with Crippen LogP contribution in [0.25, 0.3) is 22.7 Å². The van der Waals surface area contributed by atoms with Crippen molar-refractivity contribution in [2.75, 3.05) is 0 Å². The number of hydrogen-bond acceptors (Lipinski definition) is 5. The van der Waals surface area contributed by atoms with Crippen molar-refractivity contribution in [1.82, 2.24) is 34.3 Å². The number of rotatable bonds is 3. The van der Waals surface area contributed by atoms with Crippen molar-refractivity contribution in [3.8, 4) is 17.1 Å². The molecule has 0 unspecified atom stereocenters. The number of hydrogen-bond donors (Lipinski definition) is 1. The van der Waals surface area contributed by atoms with Crippen LogP contribution in [0.2, 0.25) is 0 Å². The van der Waals surface area contributed by atoms with Gasteiger partial charge < -0.3 is 4.98 Å². The number of aromatic nitrogens is 7. The molecule has 26 heavy (non-hydrogen) atoms. The monoisotopic (exact) mass is 347 g/mol. The van der Waals surface area contributed by atoms with Gasteiger partial charge in [-0.25, -0.2) is 14.6 Å². The van der Waals surface area contributed by atoms with E-state index in [0.717, 1.165) is 40.8 Å². The summed E-state index contributed by atoms with van der Waals surface area (Å²) in [7, 11) is 0. The zero-order valence-electron chi connectivity index (χ0n) is 14.5. The Hall–Kier alpha value is -3.29. The predicted octanol–water partition coefficient (Wildman–Crippen LogP) is 2.16. The van der Waals surface area contributed by atoms with Gasteiger partial charge in [0, 0.05) is 41.0 Å². The maximum absolute atomic E-state index is 12.8. The van der Waals surface area contributed by atoms with E-state index in [1.165, 1.54) is 4.52 Å². The summed E-state index contributed by atoms with van der Waals surface area (Å²) in [6.07, 6.45) is 10.9. The molecular weight excluding hydrogens is 330 g/mol. The molecule has 0 amide bonds. The van der Waals surface area contributed by atoms with Crippen LogP contribution in [0.1, 0.15) is 35.6 Å². The van der Waals surface area contributed by atoms with Crippen LogP contribution >= 0.6 is 0 Å². The third-order valence-electron chi connectivity index (χ3n) is 4.75. The first-order chi connectivity index (χ1) is 12.6. The maximum atomic E-state index is 12.8. The van der Waals surface area contributed by atoms with Crippen molar-refractivity contribution in [2.45, 2.75) is 32.6 Å². The molecule has 0 aromatic carbocycles. The summed E-state index contributed by atoms with van der Waals surface area (Å²) in [6.45, 7) is 3.89. The first-order valence-corrected chi connectivity index (χ1v) is 8.56. The molecule has 0 aliphatic heterocycles. The van der Waals surface area contributed by atoms with Crippen LogP contribution < -0.4 is 5.56 Å². The average molecular weight is 347 g/mol. The third kappa shape index (κ3) is 2.26. The highest BCUT2D eigenvalue weighted by molar-refractivity contribution is 5.76. The molecule has 8 heteroatoms. The van der Waals surface area contributed by atoms with Crippen LogP contribution in [0.4, 0.5) is 0 Å². The number of nitrogens with zero attached hydrogens (tertiary/aromatic N) is 6. The van der Waals surface area contributed by atoms with Gasteiger partial charge in [-0.3, -0.25) is 4.79 Å². The Kier molecular flexibility index (Phi) is 3.09. The van der Waals surface area contributed by atoms with E-state index in [2.05, 4.69) is 25.1 Å². The van der Waals surface area contributed by atoms with Crippen molar-refractivity contribution in [3.05, 3.63) is 58.2 Å². The van der Waals surface area contributed by atoms with Crippen LogP contribution in [0.3, 0.4) is 0 Å². The molecule has 0 atom stereocenters. The zero-order valence-corrected chi connectivity index (χ0v) is 14.5. The summed E-state index contributed by atoms with van der Waals surface area (Å²) in [4.78, 5) is 24.7. The lowest BCUT2D eigenvalue weighted by atomic mass is 10.1. The van der Waals surface area contributed by atoms with Crippen LogP contribution in [0, 0.1) is 13.8 Å². The summed E-state index contributed by atoms with van der Waals surface area (Å²) >= 11 is 0. The number of aryl methyl sites for hydroxylation is 2. The minimum atomic E-state index is -0.0285. The summed E-state index contributed by atoms with van der Waals surface area (Å²) in [6, 6.07) is 0. The van der Waals surface area contributed by atoms with E-state index >= 15 is 0 Å². The summed E-state index contributed by atoms with van der Waals surface area (Å²) in [5, 5.41) is 8.65. The molecule has 4 heterocycles. The van der Waals surface area contributed by atoms with Gasteiger partial charge in [0.1, 0.15) is 5.65 Å². The molecule has 1 N–H and O–H groups in total. The Morgan fingerprint density at radius 2 is 1.85 bits per heavy atom. The maximum Gasteiger partial charge on any atom is 0.278 e. The normalized spacial score (nSPS) is 14.2. The van der Waals surface area contributed by atoms with Crippen LogP contribution in [-0.2, 0) is 0 Å². The van der Waals surface area contributed by atoms with Crippen LogP contribution in [0.5, 0.6) is 0 Å². The smallest absolute Gasteiger partial charge is 0.278 e. The first-order valence-electron chi connectivity index (χ1n) is 8.56. The lowest BCUT2D eigenvalue weighted by Crippen LogP contribution is -2.21. The molecule has 0 spiro atoms. The van der Waals surface area contributed by atoms with Gasteiger partial charge in [-0.15, -0.1) is 0 Å². The molecule has 0 saturated heterocycles. The van der Waals surface area contributed by atoms with Crippen molar-refractivity contribution in [1.29, 1.82) is 0 Å². The van der Waals surface area contributed by atoms with Gasteiger partial charge in [0.25, 0.3) is 5.56 Å². The highest BCUT2D eigenvalue weighted by Crippen LogP contribution is 2.39. The molecular formula is C18H17N7O. The van der Waals surface area contributed by atoms with E-state index in [4.69, 9.17) is 0 Å². The molecule has 0 radical (unpaired) electrons. The Morgan fingerprint density at radius 1 is 1.08 bits per heavy atom. The topological polar surface area (TPSA) is 93.8 Å². The highest BCUT2D eigenvalue weighted by Gasteiger charge is 2.29. The summed E-state index contributed by atoms with van der Waals surface area (Å²) in [5.41, 5.74) is 5.09. The van der Waals surface area contributed by atoms with Crippen LogP contribution in [0.15, 0.2) is 35.8 Å². The van der Waals surface area contributed by atoms with E-state index in [1.54, 1.807) is 29.5 Å². The Labute approximate surface area is 148 Å². The second-order valence-electron chi connectivity index (χ2n) is 6.80. The van der Waals surface area contributed by atoms with E-state index < -0.39 is 0 Å². The molecule has 5 rings (SSSR count). The average Bonchev–Trinajstić information content (AvgIpc) is 3.17. The van der Waals surface area contributed by atoms with Gasteiger partial charge in [0.05, 0.1) is 12.4 Å². The summed E-state index contributed by atoms with van der Waals surface area (Å²) < 4.78 is 3.07. The second-order valence-corrected chi connectivity index (χ2v) is 6.80. The lowest BCUT2D eigenvalue weighted by Gasteiger charge is -2.05. The lowest BCUT2D eigenvalue weighted by molar-refractivity contribution is 0.805. The van der Waals surface area contributed by atoms with Crippen LogP contribution in [-0.4, -0.2) is 34.3 Å². The molecule has 4 aromatic rings. The second kappa shape index (κ2) is 5.35. The predicted molar refractivity (Wildman–Crippen MR) is 95.4 cm³/mol. The molecule has 0 bridgehead atoms. The first kappa shape index (κ1) is 15.0. The van der Waals surface area contributed by atoms with E-state index in [-0.39, 0.29) is 5.56 Å². The fourth-order valence-corrected chi connectivity index (χ4v) is 3.28. The van der Waals surface area contributed by atoms with Crippen molar-refractivity contribution < 1.29 is 0 Å². The van der Waals surface area contributed by atoms with E-state index in [1.807, 2.05) is 20.0 Å². The summed E-state index contributed by atoms with van der Waals surface area (Å²) in [5.74, 6) is 0.872. The SMILES string of the molecule is Cc1cnc(-n2cc(-c3cnn4c(=O)c(C5CC5)c(C)[nH]c34)cn2)nc1. The van der Waals surface area contributed by atoms with Crippen molar-refractivity contribution in [2.24, 2.45) is 0 Å². The fourth-order valence-electron chi connectivity index (χ4n) is 3.28. The molecule has 1 aliphatic carbocycles. The standard InChI is InChI=1S/C18H17N7O/c1-10-5-19-18(20-6-10)24-9-13(7-21-24)14-8-22-25-16(14)23-11(2)15(17(25)26)12-3-4-12/h5-9,12,23H,3-4H2,1-2H3. The Bertz CT molecular complexity index is 1180. The third-order valence-corrected chi connectivity index (χ3v) is 4.75. The van der Waals surface area contributed by atoms with Gasteiger partial charge in [-0.05, 0) is 38.2 Å². The van der Waals surface area contributed by atoms with Gasteiger partial charge in [-0.2, -0.15) is 14.7 Å². The van der Waals surface area contributed by atoms with Gasteiger partial charge in [-0.1, -0.05) is 0 Å². The molecule has 1 saturated carbocycles. The van der Waals surface area contributed by atoms with E-state index in [0.29, 0.717) is 17.5 Å².